The van der Waals surface area contributed by atoms with Crippen LogP contribution in [0.1, 0.15) is 17.4 Å². The maximum Gasteiger partial charge on any atom is 0.143 e. The van der Waals surface area contributed by atoms with Gasteiger partial charge in [-0.25, -0.2) is 9.97 Å². The van der Waals surface area contributed by atoms with Crippen LogP contribution >= 0.6 is 11.6 Å². The molecule has 1 fully saturated rings. The summed E-state index contributed by atoms with van der Waals surface area (Å²) in [6.45, 7) is 2.88. The van der Waals surface area contributed by atoms with E-state index < -0.39 is 0 Å². The van der Waals surface area contributed by atoms with Crippen molar-refractivity contribution in [3.63, 3.8) is 0 Å². The highest BCUT2D eigenvalue weighted by Gasteiger charge is 2.26. The lowest BCUT2D eigenvalue weighted by atomic mass is 10.2. The fourth-order valence-electron chi connectivity index (χ4n) is 2.55. The third-order valence-electron chi connectivity index (χ3n) is 3.65. The first kappa shape index (κ1) is 15.4. The van der Waals surface area contributed by atoms with E-state index in [2.05, 4.69) is 32.3 Å². The number of aromatic nitrogens is 2. The van der Waals surface area contributed by atoms with Gasteiger partial charge in [0.25, 0.3) is 0 Å². The molecule has 3 rings (SSSR count). The second-order valence-electron chi connectivity index (χ2n) is 5.18. The van der Waals surface area contributed by atoms with Crippen molar-refractivity contribution in [2.75, 3.05) is 19.7 Å². The molecule has 1 aromatic heterocycles. The SMILES string of the molecule is ClC1CN(C(NCc2ccccc2)c2ccncn2)CCO1. The molecule has 1 aliphatic heterocycles. The molecule has 5 nitrogen and oxygen atoms in total. The van der Waals surface area contributed by atoms with Crippen molar-refractivity contribution in [1.82, 2.24) is 20.2 Å². The minimum absolute atomic E-state index is 0.00615. The molecule has 0 aliphatic carbocycles. The molecular weight excluding hydrogens is 300 g/mol. The smallest absolute Gasteiger partial charge is 0.143 e. The van der Waals surface area contributed by atoms with Gasteiger partial charge in [0.05, 0.1) is 12.3 Å². The number of halogens is 1. The zero-order valence-electron chi connectivity index (χ0n) is 12.2. The van der Waals surface area contributed by atoms with E-state index in [1.807, 2.05) is 24.3 Å². The molecule has 0 amide bonds. The van der Waals surface area contributed by atoms with Gasteiger partial charge >= 0.3 is 0 Å². The van der Waals surface area contributed by atoms with Crippen LogP contribution in [0.5, 0.6) is 0 Å². The van der Waals surface area contributed by atoms with Gasteiger partial charge in [0.15, 0.2) is 0 Å². The fraction of sp³-hybridized carbons (Fsp3) is 0.375. The van der Waals surface area contributed by atoms with Crippen LogP contribution in [0.2, 0.25) is 0 Å². The Bertz CT molecular complexity index is 569. The van der Waals surface area contributed by atoms with E-state index in [1.165, 1.54) is 5.56 Å². The van der Waals surface area contributed by atoms with E-state index in [9.17, 15) is 0 Å². The lowest BCUT2D eigenvalue weighted by Crippen LogP contribution is -2.47. The summed E-state index contributed by atoms with van der Waals surface area (Å²) in [5.74, 6) is 0. The van der Waals surface area contributed by atoms with Crippen LogP contribution < -0.4 is 5.32 Å². The van der Waals surface area contributed by atoms with E-state index in [4.69, 9.17) is 16.3 Å². The van der Waals surface area contributed by atoms with Crippen LogP contribution in [0.3, 0.4) is 0 Å². The minimum Gasteiger partial charge on any atom is -0.360 e. The van der Waals surface area contributed by atoms with E-state index in [0.29, 0.717) is 13.2 Å². The first-order chi connectivity index (χ1) is 10.8. The second kappa shape index (κ2) is 7.65. The maximum absolute atomic E-state index is 6.14. The Morgan fingerprint density at radius 2 is 2.18 bits per heavy atom. The van der Waals surface area contributed by atoms with Gasteiger partial charge in [-0.15, -0.1) is 0 Å². The topological polar surface area (TPSA) is 50.3 Å². The lowest BCUT2D eigenvalue weighted by molar-refractivity contribution is -0.0135. The first-order valence-electron chi connectivity index (χ1n) is 7.36. The third kappa shape index (κ3) is 4.01. The minimum atomic E-state index is -0.281. The van der Waals surface area contributed by atoms with E-state index in [0.717, 1.165) is 18.8 Å². The number of hydrogen-bond acceptors (Lipinski definition) is 5. The average molecular weight is 319 g/mol. The predicted octanol–water partition coefficient (Wildman–Crippen LogP) is 2.16. The molecule has 2 aromatic rings. The summed E-state index contributed by atoms with van der Waals surface area (Å²) in [6.07, 6.45) is 3.33. The Balaban J connectivity index is 1.74. The molecule has 1 saturated heterocycles. The Kier molecular flexibility index (Phi) is 5.34. The van der Waals surface area contributed by atoms with E-state index >= 15 is 0 Å². The number of alkyl halides is 1. The molecule has 1 aromatic carbocycles. The Hall–Kier alpha value is -1.53. The van der Waals surface area contributed by atoms with Gasteiger partial charge in [0.1, 0.15) is 18.1 Å². The molecule has 22 heavy (non-hydrogen) atoms. The Morgan fingerprint density at radius 1 is 1.32 bits per heavy atom. The highest BCUT2D eigenvalue weighted by molar-refractivity contribution is 6.19. The van der Waals surface area contributed by atoms with Crippen LogP contribution in [0.4, 0.5) is 0 Å². The van der Waals surface area contributed by atoms with Crippen molar-refractivity contribution in [2.45, 2.75) is 18.3 Å². The van der Waals surface area contributed by atoms with Gasteiger partial charge in [-0.2, -0.15) is 0 Å². The Morgan fingerprint density at radius 3 is 2.91 bits per heavy atom. The van der Waals surface area contributed by atoms with Crippen LogP contribution in [0.25, 0.3) is 0 Å². The van der Waals surface area contributed by atoms with Gasteiger partial charge < -0.3 is 4.74 Å². The molecular formula is C16H19ClN4O. The number of hydrogen-bond donors (Lipinski definition) is 1. The van der Waals surface area contributed by atoms with Crippen molar-refractivity contribution in [2.24, 2.45) is 0 Å². The zero-order valence-corrected chi connectivity index (χ0v) is 13.0. The average Bonchev–Trinajstić information content (AvgIpc) is 2.57. The Labute approximate surface area is 135 Å². The van der Waals surface area contributed by atoms with Crippen LogP contribution in [0, 0.1) is 0 Å². The largest absolute Gasteiger partial charge is 0.360 e. The van der Waals surface area contributed by atoms with Gasteiger partial charge in [-0.3, -0.25) is 10.2 Å². The van der Waals surface area contributed by atoms with Crippen LogP contribution in [0.15, 0.2) is 48.9 Å². The van der Waals surface area contributed by atoms with Crippen molar-refractivity contribution >= 4 is 11.6 Å². The standard InChI is InChI=1S/C16H19ClN4O/c17-15-11-21(8-9-22-15)16(14-6-7-18-12-20-14)19-10-13-4-2-1-3-5-13/h1-7,12,15-16,19H,8-11H2. The van der Waals surface area contributed by atoms with Gasteiger partial charge in [-0.05, 0) is 11.6 Å². The number of nitrogens with zero attached hydrogens (tertiary/aromatic N) is 3. The van der Waals surface area contributed by atoms with Crippen molar-refractivity contribution in [1.29, 1.82) is 0 Å². The van der Waals surface area contributed by atoms with Gasteiger partial charge in [0.2, 0.25) is 0 Å². The van der Waals surface area contributed by atoms with Crippen LogP contribution in [-0.2, 0) is 11.3 Å². The third-order valence-corrected chi connectivity index (χ3v) is 3.91. The number of rotatable bonds is 5. The monoisotopic (exact) mass is 318 g/mol. The summed E-state index contributed by atoms with van der Waals surface area (Å²) >= 11 is 6.14. The first-order valence-corrected chi connectivity index (χ1v) is 7.79. The summed E-state index contributed by atoms with van der Waals surface area (Å²) < 4.78 is 5.42. The number of ether oxygens (including phenoxy) is 1. The number of benzene rings is 1. The normalized spacial score (nSPS) is 20.7. The fourth-order valence-corrected chi connectivity index (χ4v) is 2.82. The van der Waals surface area contributed by atoms with Crippen LogP contribution in [-0.4, -0.2) is 40.1 Å². The van der Waals surface area contributed by atoms with Gasteiger partial charge in [-0.1, -0.05) is 41.9 Å². The molecule has 116 valence electrons. The quantitative estimate of drug-likeness (QED) is 0.856. The summed E-state index contributed by atoms with van der Waals surface area (Å²) in [7, 11) is 0. The molecule has 0 bridgehead atoms. The van der Waals surface area contributed by atoms with E-state index in [1.54, 1.807) is 12.5 Å². The van der Waals surface area contributed by atoms with Gasteiger partial charge in [0, 0.05) is 25.8 Å². The number of morpholine rings is 1. The summed E-state index contributed by atoms with van der Waals surface area (Å²) in [5.41, 5.74) is 1.89. The van der Waals surface area contributed by atoms with Crippen molar-refractivity contribution < 1.29 is 4.74 Å². The van der Waals surface area contributed by atoms with Crippen molar-refractivity contribution in [3.05, 3.63) is 60.2 Å². The molecule has 1 aliphatic rings. The predicted molar refractivity (Wildman–Crippen MR) is 85.2 cm³/mol. The molecule has 2 atom stereocenters. The highest BCUT2D eigenvalue weighted by Crippen LogP contribution is 2.20. The van der Waals surface area contributed by atoms with Crippen molar-refractivity contribution in [3.8, 4) is 0 Å². The molecule has 0 radical (unpaired) electrons. The molecule has 0 spiro atoms. The molecule has 2 unspecified atom stereocenters. The molecule has 6 heteroatoms. The van der Waals surface area contributed by atoms with E-state index in [-0.39, 0.29) is 11.7 Å². The summed E-state index contributed by atoms with van der Waals surface area (Å²) in [5, 5.41) is 3.56. The maximum atomic E-state index is 6.14. The zero-order chi connectivity index (χ0) is 15.2. The molecule has 0 saturated carbocycles. The summed E-state index contributed by atoms with van der Waals surface area (Å²) in [4.78, 5) is 10.6. The lowest BCUT2D eigenvalue weighted by Gasteiger charge is -2.36. The highest BCUT2D eigenvalue weighted by atomic mass is 35.5. The second-order valence-corrected chi connectivity index (χ2v) is 5.67. The molecule has 1 N–H and O–H groups in total. The summed E-state index contributed by atoms with van der Waals surface area (Å²) in [6, 6.07) is 12.2. The molecule has 2 heterocycles. The number of nitrogens with one attached hydrogen (secondary N) is 1.